The molecule has 2 rings (SSSR count). The maximum absolute atomic E-state index is 9.86. The van der Waals surface area contributed by atoms with Gasteiger partial charge in [0.2, 0.25) is 0 Å². The fourth-order valence-corrected chi connectivity index (χ4v) is 2.82. The van der Waals surface area contributed by atoms with E-state index < -0.39 is 0 Å². The van der Waals surface area contributed by atoms with Gasteiger partial charge in [0.1, 0.15) is 5.75 Å². The zero-order valence-electron chi connectivity index (χ0n) is 15.6. The zero-order valence-corrected chi connectivity index (χ0v) is 15.6. The summed E-state index contributed by atoms with van der Waals surface area (Å²) in [7, 11) is 0. The van der Waals surface area contributed by atoms with Crippen LogP contribution in [0, 0.1) is 0 Å². The van der Waals surface area contributed by atoms with Crippen LogP contribution in [0.2, 0.25) is 0 Å². The number of rotatable bonds is 11. The van der Waals surface area contributed by atoms with E-state index in [1.165, 1.54) is 32.1 Å². The third kappa shape index (κ3) is 6.50. The molecule has 1 N–H and O–H groups in total. The summed E-state index contributed by atoms with van der Waals surface area (Å²) in [6, 6.07) is 11.9. The van der Waals surface area contributed by atoms with Gasteiger partial charge in [-0.2, -0.15) is 0 Å². The van der Waals surface area contributed by atoms with E-state index in [2.05, 4.69) is 11.9 Å². The molecule has 1 aromatic carbocycles. The van der Waals surface area contributed by atoms with Crippen LogP contribution < -0.4 is 4.74 Å². The molecule has 3 nitrogen and oxygen atoms in total. The number of hydrogen-bond donors (Lipinski definition) is 1. The zero-order chi connectivity index (χ0) is 17.9. The average Bonchev–Trinajstić information content (AvgIpc) is 2.67. The van der Waals surface area contributed by atoms with Crippen molar-refractivity contribution in [2.45, 2.75) is 64.9 Å². The number of unbranched alkanes of at least 4 members (excludes halogenated alkanes) is 5. The third-order valence-electron chi connectivity index (χ3n) is 4.48. The molecule has 0 aliphatic rings. The second-order valence-electron chi connectivity index (χ2n) is 6.54. The van der Waals surface area contributed by atoms with Crippen LogP contribution >= 0.6 is 0 Å². The molecule has 1 heterocycles. The molecule has 1 unspecified atom stereocenters. The summed E-state index contributed by atoms with van der Waals surface area (Å²) in [6.07, 6.45) is 9.73. The second-order valence-corrected chi connectivity index (χ2v) is 6.54. The Hall–Kier alpha value is -1.87. The number of pyridine rings is 1. The number of aliphatic hydroxyl groups excluding tert-OH is 1. The summed E-state index contributed by atoms with van der Waals surface area (Å²) in [6.45, 7) is 4.98. The van der Waals surface area contributed by atoms with E-state index in [9.17, 15) is 5.11 Å². The minimum absolute atomic E-state index is 0.389. The van der Waals surface area contributed by atoms with E-state index in [0.717, 1.165) is 42.0 Å². The van der Waals surface area contributed by atoms with Gasteiger partial charge < -0.3 is 9.84 Å². The van der Waals surface area contributed by atoms with Crippen molar-refractivity contribution in [2.24, 2.45) is 0 Å². The van der Waals surface area contributed by atoms with Crippen molar-refractivity contribution in [1.29, 1.82) is 0 Å². The number of aromatic nitrogens is 1. The van der Waals surface area contributed by atoms with Gasteiger partial charge in [0.25, 0.3) is 0 Å². The highest BCUT2D eigenvalue weighted by molar-refractivity contribution is 5.59. The molecule has 0 saturated carbocycles. The molecule has 0 fully saturated rings. The first-order chi connectivity index (χ1) is 12.2. The highest BCUT2D eigenvalue weighted by Gasteiger charge is 2.06. The Kier molecular flexibility index (Phi) is 8.47. The lowest BCUT2D eigenvalue weighted by Crippen LogP contribution is -1.98. The van der Waals surface area contributed by atoms with E-state index in [4.69, 9.17) is 4.74 Å². The van der Waals surface area contributed by atoms with Gasteiger partial charge in [-0.1, -0.05) is 70.2 Å². The van der Waals surface area contributed by atoms with Crippen molar-refractivity contribution in [1.82, 2.24) is 4.98 Å². The molecule has 25 heavy (non-hydrogen) atoms. The molecule has 2 aromatic rings. The summed E-state index contributed by atoms with van der Waals surface area (Å²) >= 11 is 0. The second kappa shape index (κ2) is 10.9. The first-order valence-corrected chi connectivity index (χ1v) is 9.61. The topological polar surface area (TPSA) is 42.4 Å². The lowest BCUT2D eigenvalue weighted by atomic mass is 10.0. The maximum Gasteiger partial charge on any atom is 0.137 e. The molecular weight excluding hydrogens is 310 g/mol. The van der Waals surface area contributed by atoms with Crippen LogP contribution in [0.3, 0.4) is 0 Å². The normalized spacial score (nSPS) is 12.1. The van der Waals surface area contributed by atoms with Gasteiger partial charge in [-0.25, -0.2) is 0 Å². The predicted octanol–water partition coefficient (Wildman–Crippen LogP) is 5.93. The van der Waals surface area contributed by atoms with Crippen LogP contribution in [0.4, 0.5) is 0 Å². The highest BCUT2D eigenvalue weighted by Crippen LogP contribution is 2.23. The predicted molar refractivity (Wildman–Crippen MR) is 104 cm³/mol. The molecule has 0 radical (unpaired) electrons. The summed E-state index contributed by atoms with van der Waals surface area (Å²) in [5.74, 6) is 0.829. The Morgan fingerprint density at radius 3 is 2.28 bits per heavy atom. The SMILES string of the molecule is CCCCCCCCOc1ccc(-c2ccc(C(O)CC)cc2)nc1. The van der Waals surface area contributed by atoms with Crippen molar-refractivity contribution in [2.75, 3.05) is 6.61 Å². The van der Waals surface area contributed by atoms with Crippen molar-refractivity contribution < 1.29 is 9.84 Å². The number of nitrogens with zero attached hydrogens (tertiary/aromatic N) is 1. The molecule has 0 spiro atoms. The van der Waals surface area contributed by atoms with E-state index in [1.54, 1.807) is 6.20 Å². The van der Waals surface area contributed by atoms with Crippen LogP contribution in [-0.2, 0) is 0 Å². The average molecular weight is 341 g/mol. The third-order valence-corrected chi connectivity index (χ3v) is 4.48. The summed E-state index contributed by atoms with van der Waals surface area (Å²) < 4.78 is 5.77. The number of benzene rings is 1. The lowest BCUT2D eigenvalue weighted by Gasteiger charge is -2.09. The first-order valence-electron chi connectivity index (χ1n) is 9.61. The highest BCUT2D eigenvalue weighted by atomic mass is 16.5. The molecule has 1 aromatic heterocycles. The Balaban J connectivity index is 1.79. The molecular formula is C22H31NO2. The monoisotopic (exact) mass is 341 g/mol. The number of ether oxygens (including phenoxy) is 1. The van der Waals surface area contributed by atoms with Gasteiger partial charge in [0, 0.05) is 5.56 Å². The van der Waals surface area contributed by atoms with E-state index in [1.807, 2.05) is 43.3 Å². The maximum atomic E-state index is 9.86. The minimum Gasteiger partial charge on any atom is -0.492 e. The summed E-state index contributed by atoms with van der Waals surface area (Å²) in [4.78, 5) is 4.50. The molecule has 0 aliphatic heterocycles. The first kappa shape index (κ1) is 19.5. The van der Waals surface area contributed by atoms with E-state index in [-0.39, 0.29) is 6.10 Å². The molecule has 1 atom stereocenters. The Morgan fingerprint density at radius 1 is 0.920 bits per heavy atom. The Morgan fingerprint density at radius 2 is 1.64 bits per heavy atom. The van der Waals surface area contributed by atoms with Crippen LogP contribution in [0.5, 0.6) is 5.75 Å². The molecule has 3 heteroatoms. The standard InChI is InChI=1S/C22H31NO2/c1-3-5-6-7-8-9-16-25-20-14-15-21(23-17-20)18-10-12-19(13-11-18)22(24)4-2/h10-15,17,22,24H,3-9,16H2,1-2H3. The molecule has 0 amide bonds. The summed E-state index contributed by atoms with van der Waals surface area (Å²) in [5.41, 5.74) is 2.92. The fraction of sp³-hybridized carbons (Fsp3) is 0.500. The van der Waals surface area contributed by atoms with Crippen molar-refractivity contribution in [3.05, 3.63) is 48.2 Å². The number of hydrogen-bond acceptors (Lipinski definition) is 3. The van der Waals surface area contributed by atoms with Crippen LogP contribution in [-0.4, -0.2) is 16.7 Å². The Bertz CT molecular complexity index is 592. The van der Waals surface area contributed by atoms with Crippen molar-refractivity contribution >= 4 is 0 Å². The van der Waals surface area contributed by atoms with Gasteiger partial charge in [-0.05, 0) is 30.5 Å². The van der Waals surface area contributed by atoms with Crippen LogP contribution in [0.15, 0.2) is 42.6 Å². The summed E-state index contributed by atoms with van der Waals surface area (Å²) in [5, 5.41) is 9.86. The largest absolute Gasteiger partial charge is 0.492 e. The lowest BCUT2D eigenvalue weighted by molar-refractivity contribution is 0.173. The quantitative estimate of drug-likeness (QED) is 0.515. The van der Waals surface area contributed by atoms with Gasteiger partial charge in [-0.3, -0.25) is 4.98 Å². The van der Waals surface area contributed by atoms with Gasteiger partial charge >= 0.3 is 0 Å². The number of aliphatic hydroxyl groups is 1. The molecule has 136 valence electrons. The molecule has 0 aliphatic carbocycles. The van der Waals surface area contributed by atoms with Gasteiger partial charge in [0.15, 0.2) is 0 Å². The minimum atomic E-state index is -0.389. The van der Waals surface area contributed by atoms with Crippen LogP contribution in [0.1, 0.15) is 70.5 Å². The molecule has 0 saturated heterocycles. The van der Waals surface area contributed by atoms with Crippen molar-refractivity contribution in [3.8, 4) is 17.0 Å². The van der Waals surface area contributed by atoms with Gasteiger partial charge in [-0.15, -0.1) is 0 Å². The van der Waals surface area contributed by atoms with Crippen molar-refractivity contribution in [3.63, 3.8) is 0 Å². The van der Waals surface area contributed by atoms with E-state index >= 15 is 0 Å². The smallest absolute Gasteiger partial charge is 0.137 e. The van der Waals surface area contributed by atoms with Crippen LogP contribution in [0.25, 0.3) is 11.3 Å². The molecule has 0 bridgehead atoms. The fourth-order valence-electron chi connectivity index (χ4n) is 2.82. The van der Waals surface area contributed by atoms with E-state index in [0.29, 0.717) is 0 Å². The Labute approximate surface area is 152 Å². The van der Waals surface area contributed by atoms with Gasteiger partial charge in [0.05, 0.1) is 24.6 Å².